The minimum atomic E-state index is -0.957. The molecule has 0 bridgehead atoms. The largest absolute Gasteiger partial charge is 0.478 e. The maximum absolute atomic E-state index is 11.1. The first-order valence-electron chi connectivity index (χ1n) is 4.98. The average molecular weight is 216 g/mol. The molecule has 1 heterocycles. The van der Waals surface area contributed by atoms with Gasteiger partial charge < -0.3 is 9.52 Å². The van der Waals surface area contributed by atoms with E-state index in [-0.39, 0.29) is 5.56 Å². The van der Waals surface area contributed by atoms with Gasteiger partial charge >= 0.3 is 5.97 Å². The summed E-state index contributed by atoms with van der Waals surface area (Å²) in [5.41, 5.74) is 2.80. The van der Waals surface area contributed by atoms with Gasteiger partial charge in [-0.3, -0.25) is 0 Å². The molecule has 16 heavy (non-hydrogen) atoms. The van der Waals surface area contributed by atoms with E-state index in [4.69, 9.17) is 9.52 Å². The fourth-order valence-corrected chi connectivity index (χ4v) is 1.63. The summed E-state index contributed by atoms with van der Waals surface area (Å²) in [6.45, 7) is 3.71. The van der Waals surface area contributed by atoms with E-state index >= 15 is 0 Å². The van der Waals surface area contributed by atoms with E-state index < -0.39 is 5.97 Å². The summed E-state index contributed by atoms with van der Waals surface area (Å²) in [4.78, 5) is 11.1. The molecule has 3 heteroatoms. The number of hydrogen-bond donors (Lipinski definition) is 1. The zero-order chi connectivity index (χ0) is 11.7. The van der Waals surface area contributed by atoms with Gasteiger partial charge in [-0.15, -0.1) is 0 Å². The number of benzene rings is 1. The molecule has 0 aliphatic rings. The number of carboxylic acid groups (broad SMARTS) is 1. The van der Waals surface area contributed by atoms with Crippen LogP contribution in [0.15, 0.2) is 34.9 Å². The van der Waals surface area contributed by atoms with Crippen molar-refractivity contribution in [1.82, 2.24) is 0 Å². The van der Waals surface area contributed by atoms with Crippen molar-refractivity contribution >= 4 is 5.97 Å². The highest BCUT2D eigenvalue weighted by Gasteiger charge is 2.18. The zero-order valence-corrected chi connectivity index (χ0v) is 9.15. The Kier molecular flexibility index (Phi) is 2.52. The van der Waals surface area contributed by atoms with Gasteiger partial charge in [-0.2, -0.15) is 0 Å². The fraction of sp³-hybridized carbons (Fsp3) is 0.154. The van der Waals surface area contributed by atoms with E-state index in [1.54, 1.807) is 6.92 Å². The monoisotopic (exact) mass is 216 g/mol. The molecule has 0 saturated carbocycles. The molecule has 0 spiro atoms. The van der Waals surface area contributed by atoms with Crippen molar-refractivity contribution in [2.75, 3.05) is 0 Å². The summed E-state index contributed by atoms with van der Waals surface area (Å²) in [6.07, 6.45) is 1.47. The Morgan fingerprint density at radius 2 is 1.81 bits per heavy atom. The van der Waals surface area contributed by atoms with Crippen LogP contribution >= 0.6 is 0 Å². The fourth-order valence-electron chi connectivity index (χ4n) is 1.63. The summed E-state index contributed by atoms with van der Waals surface area (Å²) in [7, 11) is 0. The summed E-state index contributed by atoms with van der Waals surface area (Å²) in [5.74, 6) is -0.535. The molecule has 82 valence electrons. The van der Waals surface area contributed by atoms with Crippen molar-refractivity contribution in [3.63, 3.8) is 0 Å². The second-order valence-electron chi connectivity index (χ2n) is 3.79. The highest BCUT2D eigenvalue weighted by atomic mass is 16.4. The van der Waals surface area contributed by atoms with Crippen LogP contribution in [0.1, 0.15) is 21.5 Å². The lowest BCUT2D eigenvalue weighted by molar-refractivity contribution is 0.0696. The van der Waals surface area contributed by atoms with Crippen molar-refractivity contribution in [2.45, 2.75) is 13.8 Å². The highest BCUT2D eigenvalue weighted by Crippen LogP contribution is 2.28. The molecule has 0 aliphatic carbocycles. The minimum Gasteiger partial charge on any atom is -0.478 e. The normalized spacial score (nSPS) is 10.4. The van der Waals surface area contributed by atoms with Crippen LogP contribution in [0.4, 0.5) is 0 Å². The topological polar surface area (TPSA) is 50.4 Å². The van der Waals surface area contributed by atoms with Crippen molar-refractivity contribution in [3.8, 4) is 11.3 Å². The maximum Gasteiger partial charge on any atom is 0.339 e. The molecule has 1 aromatic carbocycles. The van der Waals surface area contributed by atoms with Crippen LogP contribution in [0.2, 0.25) is 0 Å². The molecule has 0 radical (unpaired) electrons. The molecular formula is C13H12O3. The van der Waals surface area contributed by atoms with Crippen molar-refractivity contribution < 1.29 is 14.3 Å². The van der Waals surface area contributed by atoms with Crippen LogP contribution in [-0.4, -0.2) is 11.1 Å². The lowest BCUT2D eigenvalue weighted by atomic mass is 10.1. The predicted octanol–water partition coefficient (Wildman–Crippen LogP) is 3.26. The molecule has 0 aliphatic heterocycles. The highest BCUT2D eigenvalue weighted by molar-refractivity contribution is 5.95. The van der Waals surface area contributed by atoms with Crippen LogP contribution in [-0.2, 0) is 0 Å². The Balaban J connectivity index is 2.56. The van der Waals surface area contributed by atoms with Gasteiger partial charge in [0.05, 0.1) is 6.26 Å². The van der Waals surface area contributed by atoms with Crippen LogP contribution in [0.3, 0.4) is 0 Å². The lowest BCUT2D eigenvalue weighted by Gasteiger charge is -2.00. The number of rotatable bonds is 2. The number of aromatic carboxylic acids is 1. The maximum atomic E-state index is 11.1. The number of hydrogen-bond acceptors (Lipinski definition) is 2. The Labute approximate surface area is 93.3 Å². The summed E-state index contributed by atoms with van der Waals surface area (Å²) < 4.78 is 5.30. The average Bonchev–Trinajstić information content (AvgIpc) is 2.61. The van der Waals surface area contributed by atoms with Gasteiger partial charge in [0.15, 0.2) is 0 Å². The quantitative estimate of drug-likeness (QED) is 0.838. The van der Waals surface area contributed by atoms with E-state index in [2.05, 4.69) is 0 Å². The van der Waals surface area contributed by atoms with Gasteiger partial charge in [0, 0.05) is 11.1 Å². The van der Waals surface area contributed by atoms with E-state index in [0.29, 0.717) is 11.3 Å². The summed E-state index contributed by atoms with van der Waals surface area (Å²) in [5, 5.41) is 9.09. The SMILES string of the molecule is Cc1ccc(-c2occ(C)c2C(=O)O)cc1. The molecule has 0 fully saturated rings. The van der Waals surface area contributed by atoms with Gasteiger partial charge in [0.2, 0.25) is 0 Å². The molecular weight excluding hydrogens is 204 g/mol. The Hall–Kier alpha value is -2.03. The van der Waals surface area contributed by atoms with Crippen molar-refractivity contribution in [1.29, 1.82) is 0 Å². The van der Waals surface area contributed by atoms with Crippen molar-refractivity contribution in [3.05, 3.63) is 47.2 Å². The number of carbonyl (C=O) groups is 1. The van der Waals surface area contributed by atoms with E-state index in [1.807, 2.05) is 31.2 Å². The third-order valence-corrected chi connectivity index (χ3v) is 2.50. The third-order valence-electron chi connectivity index (χ3n) is 2.50. The number of carboxylic acids is 1. The summed E-state index contributed by atoms with van der Waals surface area (Å²) >= 11 is 0. The Morgan fingerprint density at radius 1 is 1.19 bits per heavy atom. The number of aryl methyl sites for hydroxylation is 2. The first-order chi connectivity index (χ1) is 7.59. The van der Waals surface area contributed by atoms with Gasteiger partial charge in [0.25, 0.3) is 0 Å². The number of furan rings is 1. The van der Waals surface area contributed by atoms with E-state index in [1.165, 1.54) is 6.26 Å². The zero-order valence-electron chi connectivity index (χ0n) is 9.15. The molecule has 0 unspecified atom stereocenters. The Bertz CT molecular complexity index is 521. The van der Waals surface area contributed by atoms with Crippen LogP contribution in [0, 0.1) is 13.8 Å². The molecule has 0 amide bonds. The summed E-state index contributed by atoms with van der Waals surface area (Å²) in [6, 6.07) is 7.58. The van der Waals surface area contributed by atoms with Gasteiger partial charge in [-0.25, -0.2) is 4.79 Å². The molecule has 0 atom stereocenters. The predicted molar refractivity (Wildman–Crippen MR) is 60.6 cm³/mol. The molecule has 3 nitrogen and oxygen atoms in total. The first-order valence-corrected chi connectivity index (χ1v) is 4.98. The molecule has 2 aromatic rings. The van der Waals surface area contributed by atoms with E-state index in [0.717, 1.165) is 11.1 Å². The lowest BCUT2D eigenvalue weighted by Crippen LogP contribution is -1.98. The Morgan fingerprint density at radius 3 is 2.38 bits per heavy atom. The van der Waals surface area contributed by atoms with E-state index in [9.17, 15) is 4.79 Å². The molecule has 1 aromatic heterocycles. The van der Waals surface area contributed by atoms with Crippen LogP contribution in [0.25, 0.3) is 11.3 Å². The van der Waals surface area contributed by atoms with Crippen LogP contribution < -0.4 is 0 Å². The van der Waals surface area contributed by atoms with Gasteiger partial charge in [-0.1, -0.05) is 29.8 Å². The van der Waals surface area contributed by atoms with Crippen molar-refractivity contribution in [2.24, 2.45) is 0 Å². The molecule has 1 N–H and O–H groups in total. The van der Waals surface area contributed by atoms with Gasteiger partial charge in [-0.05, 0) is 13.8 Å². The first kappa shape index (κ1) is 10.5. The third kappa shape index (κ3) is 1.72. The molecule has 2 rings (SSSR count). The second kappa shape index (κ2) is 3.85. The molecule has 0 saturated heterocycles. The standard InChI is InChI=1S/C13H12O3/c1-8-3-5-10(6-4-8)12-11(13(14)15)9(2)7-16-12/h3-7H,1-2H3,(H,14,15). The van der Waals surface area contributed by atoms with Gasteiger partial charge in [0.1, 0.15) is 11.3 Å². The minimum absolute atomic E-state index is 0.240. The second-order valence-corrected chi connectivity index (χ2v) is 3.79. The smallest absolute Gasteiger partial charge is 0.339 e. The van der Waals surface area contributed by atoms with Crippen LogP contribution in [0.5, 0.6) is 0 Å².